The van der Waals surface area contributed by atoms with E-state index in [1.54, 1.807) is 0 Å². The van der Waals surface area contributed by atoms with Gasteiger partial charge < -0.3 is 0 Å². The number of fused-ring (bicyclic) bond motifs is 1. The van der Waals surface area contributed by atoms with Gasteiger partial charge in [0.2, 0.25) is 0 Å². The Balaban J connectivity index is 2.02. The van der Waals surface area contributed by atoms with Crippen LogP contribution in [-0.2, 0) is 0 Å². The number of hydrogen-bond donors (Lipinski definition) is 0. The predicted molar refractivity (Wildman–Crippen MR) is 99.0 cm³/mol. The Morgan fingerprint density at radius 3 is 1.79 bits per heavy atom. The van der Waals surface area contributed by atoms with Gasteiger partial charge in [-0.2, -0.15) is 0 Å². The van der Waals surface area contributed by atoms with Crippen molar-refractivity contribution in [3.63, 3.8) is 0 Å². The average Bonchev–Trinajstić information content (AvgIpc) is 2.63. The van der Waals surface area contributed by atoms with Crippen molar-refractivity contribution in [2.75, 3.05) is 4.90 Å². The van der Waals surface area contributed by atoms with Crippen molar-refractivity contribution < 1.29 is 0 Å². The molecule has 0 aliphatic carbocycles. The summed E-state index contributed by atoms with van der Waals surface area (Å²) in [7, 11) is 0. The second kappa shape index (κ2) is 6.13. The van der Waals surface area contributed by atoms with Crippen molar-refractivity contribution in [3.05, 3.63) is 90.8 Å². The molecule has 0 spiro atoms. The lowest BCUT2D eigenvalue weighted by molar-refractivity contribution is 1.06. The van der Waals surface area contributed by atoms with Crippen LogP contribution in [0.4, 0.5) is 17.2 Å². The molecule has 0 atom stereocenters. The van der Waals surface area contributed by atoms with Gasteiger partial charge in [-0.3, -0.25) is 4.90 Å². The monoisotopic (exact) mass is 311 g/mol. The van der Waals surface area contributed by atoms with E-state index < -0.39 is 0 Å². The minimum Gasteiger partial charge on any atom is -0.294 e. The van der Waals surface area contributed by atoms with Gasteiger partial charge in [-0.05, 0) is 43.3 Å². The Labute approximate surface area is 141 Å². The van der Waals surface area contributed by atoms with Gasteiger partial charge in [0.1, 0.15) is 11.6 Å². The Bertz CT molecular complexity index is 926. The minimum atomic E-state index is 0.764. The van der Waals surface area contributed by atoms with E-state index in [0.29, 0.717) is 0 Å². The average molecular weight is 311 g/mol. The quantitative estimate of drug-likeness (QED) is 0.506. The summed E-state index contributed by atoms with van der Waals surface area (Å²) in [6.07, 6.45) is 0. The highest BCUT2D eigenvalue weighted by Gasteiger charge is 2.17. The first-order valence-electron chi connectivity index (χ1n) is 7.96. The van der Waals surface area contributed by atoms with Gasteiger partial charge in [-0.1, -0.05) is 48.5 Å². The fraction of sp³-hybridized carbons (Fsp3) is 0.0476. The van der Waals surface area contributed by atoms with Crippen LogP contribution in [-0.4, -0.2) is 9.97 Å². The Morgan fingerprint density at radius 1 is 0.625 bits per heavy atom. The molecule has 0 saturated heterocycles. The molecule has 0 unspecified atom stereocenters. The van der Waals surface area contributed by atoms with Crippen LogP contribution in [0.2, 0.25) is 0 Å². The van der Waals surface area contributed by atoms with E-state index in [0.717, 1.165) is 33.9 Å². The summed E-state index contributed by atoms with van der Waals surface area (Å²) in [6, 6.07) is 28.7. The molecular formula is C21H17N3. The molecule has 0 bridgehead atoms. The summed E-state index contributed by atoms with van der Waals surface area (Å²) in [4.78, 5) is 11.5. The lowest BCUT2D eigenvalue weighted by Gasteiger charge is -2.25. The van der Waals surface area contributed by atoms with Crippen LogP contribution >= 0.6 is 0 Å². The third-order valence-electron chi connectivity index (χ3n) is 3.94. The van der Waals surface area contributed by atoms with E-state index in [-0.39, 0.29) is 0 Å². The van der Waals surface area contributed by atoms with Gasteiger partial charge in [-0.15, -0.1) is 0 Å². The van der Waals surface area contributed by atoms with Crippen molar-refractivity contribution in [1.82, 2.24) is 9.97 Å². The molecule has 3 aromatic carbocycles. The molecule has 0 saturated carbocycles. The number of aryl methyl sites for hydroxylation is 1. The number of anilines is 3. The highest BCUT2D eigenvalue weighted by molar-refractivity contribution is 5.94. The standard InChI is InChI=1S/C21H17N3/c1-16-22-20-15-9-8-14-19(20)21(23-16)24(17-10-4-2-5-11-17)18-12-6-3-7-13-18/h2-15H,1H3. The number of para-hydroxylation sites is 3. The number of rotatable bonds is 3. The smallest absolute Gasteiger partial charge is 0.149 e. The number of nitrogens with zero attached hydrogens (tertiary/aromatic N) is 3. The van der Waals surface area contributed by atoms with Crippen LogP contribution in [0.5, 0.6) is 0 Å². The molecule has 3 nitrogen and oxygen atoms in total. The van der Waals surface area contributed by atoms with E-state index in [2.05, 4.69) is 40.2 Å². The zero-order chi connectivity index (χ0) is 16.4. The van der Waals surface area contributed by atoms with Gasteiger partial charge in [-0.25, -0.2) is 9.97 Å². The van der Waals surface area contributed by atoms with Gasteiger partial charge in [0, 0.05) is 16.8 Å². The van der Waals surface area contributed by atoms with Crippen molar-refractivity contribution in [2.45, 2.75) is 6.92 Å². The second-order valence-corrected chi connectivity index (χ2v) is 5.62. The number of aromatic nitrogens is 2. The minimum absolute atomic E-state index is 0.764. The molecule has 1 aromatic heterocycles. The van der Waals surface area contributed by atoms with E-state index in [9.17, 15) is 0 Å². The second-order valence-electron chi connectivity index (χ2n) is 5.62. The predicted octanol–water partition coefficient (Wildman–Crippen LogP) is 5.41. The Hall–Kier alpha value is -3.20. The molecular weight excluding hydrogens is 294 g/mol. The van der Waals surface area contributed by atoms with Crippen molar-refractivity contribution in [1.29, 1.82) is 0 Å². The topological polar surface area (TPSA) is 29.0 Å². The van der Waals surface area contributed by atoms with E-state index in [1.165, 1.54) is 0 Å². The largest absolute Gasteiger partial charge is 0.294 e. The fourth-order valence-corrected chi connectivity index (χ4v) is 2.89. The first-order chi connectivity index (χ1) is 11.8. The van der Waals surface area contributed by atoms with Gasteiger partial charge in [0.15, 0.2) is 0 Å². The molecule has 0 fully saturated rings. The normalized spacial score (nSPS) is 10.7. The van der Waals surface area contributed by atoms with Crippen molar-refractivity contribution >= 4 is 28.1 Å². The van der Waals surface area contributed by atoms with Crippen LogP contribution in [0, 0.1) is 6.92 Å². The summed E-state index contributed by atoms with van der Waals surface area (Å²) < 4.78 is 0. The maximum Gasteiger partial charge on any atom is 0.149 e. The van der Waals surface area contributed by atoms with Crippen LogP contribution < -0.4 is 4.90 Å². The third kappa shape index (κ3) is 2.61. The third-order valence-corrected chi connectivity index (χ3v) is 3.94. The zero-order valence-corrected chi connectivity index (χ0v) is 13.4. The zero-order valence-electron chi connectivity index (χ0n) is 13.4. The highest BCUT2D eigenvalue weighted by atomic mass is 15.2. The van der Waals surface area contributed by atoms with E-state index in [4.69, 9.17) is 4.98 Å². The van der Waals surface area contributed by atoms with Crippen molar-refractivity contribution in [2.24, 2.45) is 0 Å². The van der Waals surface area contributed by atoms with Crippen LogP contribution in [0.25, 0.3) is 10.9 Å². The molecule has 1 heterocycles. The highest BCUT2D eigenvalue weighted by Crippen LogP contribution is 2.36. The summed E-state index contributed by atoms with van der Waals surface area (Å²) >= 11 is 0. The maximum absolute atomic E-state index is 4.77. The summed E-state index contributed by atoms with van der Waals surface area (Å²) in [6.45, 7) is 1.93. The molecule has 24 heavy (non-hydrogen) atoms. The molecule has 0 radical (unpaired) electrons. The molecule has 0 amide bonds. The molecule has 3 heteroatoms. The number of benzene rings is 3. The van der Waals surface area contributed by atoms with Gasteiger partial charge in [0.05, 0.1) is 5.52 Å². The molecule has 0 aliphatic rings. The lowest BCUT2D eigenvalue weighted by atomic mass is 10.1. The van der Waals surface area contributed by atoms with Crippen LogP contribution in [0.3, 0.4) is 0 Å². The molecule has 4 rings (SSSR count). The van der Waals surface area contributed by atoms with Crippen molar-refractivity contribution in [3.8, 4) is 0 Å². The van der Waals surface area contributed by atoms with Crippen LogP contribution in [0.1, 0.15) is 5.82 Å². The molecule has 116 valence electrons. The summed E-state index contributed by atoms with van der Waals surface area (Å²) in [5, 5.41) is 1.04. The lowest BCUT2D eigenvalue weighted by Crippen LogP contribution is -2.13. The summed E-state index contributed by atoms with van der Waals surface area (Å²) in [5.74, 6) is 1.66. The van der Waals surface area contributed by atoms with E-state index >= 15 is 0 Å². The molecule has 0 aliphatic heterocycles. The van der Waals surface area contributed by atoms with Crippen LogP contribution in [0.15, 0.2) is 84.9 Å². The first-order valence-corrected chi connectivity index (χ1v) is 7.96. The Morgan fingerprint density at radius 2 is 1.17 bits per heavy atom. The Kier molecular flexibility index (Phi) is 3.67. The van der Waals surface area contributed by atoms with Gasteiger partial charge >= 0.3 is 0 Å². The first kappa shape index (κ1) is 14.4. The maximum atomic E-state index is 4.77. The fourth-order valence-electron chi connectivity index (χ4n) is 2.89. The summed E-state index contributed by atoms with van der Waals surface area (Å²) in [5.41, 5.74) is 3.11. The SMILES string of the molecule is Cc1nc(N(c2ccccc2)c2ccccc2)c2ccccc2n1. The molecule has 4 aromatic rings. The van der Waals surface area contributed by atoms with E-state index in [1.807, 2.05) is 61.5 Å². The molecule has 0 N–H and O–H groups in total. The number of hydrogen-bond acceptors (Lipinski definition) is 3. The van der Waals surface area contributed by atoms with Gasteiger partial charge in [0.25, 0.3) is 0 Å².